The molecule has 1 N–H and O–H groups in total. The van der Waals surface area contributed by atoms with E-state index in [2.05, 4.69) is 5.32 Å². The Labute approximate surface area is 157 Å². The molecule has 1 amide bonds. The third-order valence-corrected chi connectivity index (χ3v) is 4.59. The third kappa shape index (κ3) is 3.82. The summed E-state index contributed by atoms with van der Waals surface area (Å²) in [6.45, 7) is 0. The highest BCUT2D eigenvalue weighted by Gasteiger charge is 2.25. The molecule has 3 aromatic rings. The van der Waals surface area contributed by atoms with E-state index < -0.39 is 0 Å². The van der Waals surface area contributed by atoms with Crippen LogP contribution in [0.3, 0.4) is 0 Å². The second kappa shape index (κ2) is 7.19. The summed E-state index contributed by atoms with van der Waals surface area (Å²) >= 11 is 0. The molecule has 0 radical (unpaired) electrons. The molecular formula is C22H21NO4. The smallest absolute Gasteiger partial charge is 0.287 e. The van der Waals surface area contributed by atoms with Crippen LogP contribution in [0.2, 0.25) is 0 Å². The van der Waals surface area contributed by atoms with Gasteiger partial charge in [-0.2, -0.15) is 0 Å². The van der Waals surface area contributed by atoms with Crippen LogP contribution in [0, 0.1) is 0 Å². The van der Waals surface area contributed by atoms with E-state index >= 15 is 0 Å². The van der Waals surface area contributed by atoms with Gasteiger partial charge in [-0.05, 0) is 48.2 Å². The summed E-state index contributed by atoms with van der Waals surface area (Å²) in [5.41, 5.74) is 2.60. The summed E-state index contributed by atoms with van der Waals surface area (Å²) < 4.78 is 16.3. The number of nitrogens with one attached hydrogen (secondary N) is 1. The molecule has 0 spiro atoms. The van der Waals surface area contributed by atoms with Crippen molar-refractivity contribution in [3.05, 3.63) is 59.4 Å². The van der Waals surface area contributed by atoms with Gasteiger partial charge < -0.3 is 19.2 Å². The topological polar surface area (TPSA) is 60.7 Å². The lowest BCUT2D eigenvalue weighted by atomic mass is 10.1. The molecule has 5 heteroatoms. The minimum absolute atomic E-state index is 0.169. The number of hydrogen-bond donors (Lipinski definition) is 1. The normalized spacial score (nSPS) is 13.9. The Balaban J connectivity index is 1.67. The van der Waals surface area contributed by atoms with Crippen LogP contribution in [0.15, 0.2) is 46.9 Å². The predicted molar refractivity (Wildman–Crippen MR) is 105 cm³/mol. The molecule has 1 saturated carbocycles. The summed E-state index contributed by atoms with van der Waals surface area (Å²) in [6, 6.07) is 13.6. The fourth-order valence-electron chi connectivity index (χ4n) is 2.89. The van der Waals surface area contributed by atoms with Crippen LogP contribution in [0.4, 0.5) is 0 Å². The first kappa shape index (κ1) is 17.2. The number of benzene rings is 2. The van der Waals surface area contributed by atoms with Gasteiger partial charge >= 0.3 is 0 Å². The first-order chi connectivity index (χ1) is 13.2. The Hall–Kier alpha value is -3.21. The first-order valence-electron chi connectivity index (χ1n) is 8.91. The largest absolute Gasteiger partial charge is 0.497 e. The minimum Gasteiger partial charge on any atom is -0.497 e. The van der Waals surface area contributed by atoms with Gasteiger partial charge in [0, 0.05) is 17.5 Å². The van der Waals surface area contributed by atoms with Crippen LogP contribution in [-0.4, -0.2) is 26.2 Å². The summed E-state index contributed by atoms with van der Waals surface area (Å²) in [6.07, 6.45) is 6.07. The zero-order valence-corrected chi connectivity index (χ0v) is 15.3. The van der Waals surface area contributed by atoms with Gasteiger partial charge in [0.25, 0.3) is 5.91 Å². The lowest BCUT2D eigenvalue weighted by Crippen LogP contribution is -2.24. The van der Waals surface area contributed by atoms with Gasteiger partial charge in [-0.3, -0.25) is 4.79 Å². The van der Waals surface area contributed by atoms with E-state index in [4.69, 9.17) is 13.9 Å². The van der Waals surface area contributed by atoms with Gasteiger partial charge in [-0.15, -0.1) is 0 Å². The molecule has 2 aromatic carbocycles. The van der Waals surface area contributed by atoms with E-state index in [0.717, 1.165) is 35.1 Å². The van der Waals surface area contributed by atoms with Gasteiger partial charge in [0.1, 0.15) is 17.1 Å². The van der Waals surface area contributed by atoms with E-state index in [1.807, 2.05) is 42.5 Å². The number of carbonyl (C=O) groups excluding carboxylic acids is 1. The molecular weight excluding hydrogens is 342 g/mol. The van der Waals surface area contributed by atoms with Crippen LogP contribution in [-0.2, 0) is 0 Å². The van der Waals surface area contributed by atoms with Crippen molar-refractivity contribution in [1.82, 2.24) is 5.32 Å². The van der Waals surface area contributed by atoms with Crippen molar-refractivity contribution in [2.45, 2.75) is 18.9 Å². The summed E-state index contributed by atoms with van der Waals surface area (Å²) in [4.78, 5) is 12.3. The number of amides is 1. The average molecular weight is 363 g/mol. The maximum Gasteiger partial charge on any atom is 0.287 e. The van der Waals surface area contributed by atoms with Crippen molar-refractivity contribution < 1.29 is 18.7 Å². The van der Waals surface area contributed by atoms with Crippen molar-refractivity contribution in [2.75, 3.05) is 14.2 Å². The highest BCUT2D eigenvalue weighted by molar-refractivity contribution is 5.99. The molecule has 0 aliphatic heterocycles. The Morgan fingerprint density at radius 3 is 2.44 bits per heavy atom. The van der Waals surface area contributed by atoms with E-state index in [9.17, 15) is 4.79 Å². The Morgan fingerprint density at radius 1 is 1.04 bits per heavy atom. The second-order valence-electron chi connectivity index (χ2n) is 6.59. The molecule has 4 rings (SSSR count). The molecule has 1 heterocycles. The van der Waals surface area contributed by atoms with Crippen LogP contribution in [0.25, 0.3) is 23.1 Å². The van der Waals surface area contributed by atoms with Crippen molar-refractivity contribution in [3.8, 4) is 11.5 Å². The molecule has 27 heavy (non-hydrogen) atoms. The fraction of sp³-hybridized carbons (Fsp3) is 0.227. The fourth-order valence-corrected chi connectivity index (χ4v) is 2.89. The Kier molecular flexibility index (Phi) is 4.59. The highest BCUT2D eigenvalue weighted by atomic mass is 16.5. The van der Waals surface area contributed by atoms with E-state index in [1.54, 1.807) is 26.4 Å². The zero-order valence-electron chi connectivity index (χ0n) is 15.3. The van der Waals surface area contributed by atoms with Gasteiger partial charge in [-0.1, -0.05) is 24.3 Å². The first-order valence-corrected chi connectivity index (χ1v) is 8.91. The summed E-state index contributed by atoms with van der Waals surface area (Å²) in [7, 11) is 3.26. The molecule has 1 aromatic heterocycles. The molecule has 138 valence electrons. The lowest BCUT2D eigenvalue weighted by Gasteiger charge is -2.03. The minimum atomic E-state index is -0.169. The maximum atomic E-state index is 12.3. The number of methoxy groups -OCH3 is 2. The molecule has 1 fully saturated rings. The molecule has 0 unspecified atom stereocenters. The Bertz CT molecular complexity index is 997. The molecule has 1 aliphatic carbocycles. The molecule has 0 atom stereocenters. The molecule has 1 aliphatic rings. The van der Waals surface area contributed by atoms with Crippen LogP contribution >= 0.6 is 0 Å². The van der Waals surface area contributed by atoms with Gasteiger partial charge in [-0.25, -0.2) is 0 Å². The van der Waals surface area contributed by atoms with Crippen molar-refractivity contribution in [2.24, 2.45) is 0 Å². The number of rotatable bonds is 6. The van der Waals surface area contributed by atoms with Crippen LogP contribution < -0.4 is 14.8 Å². The molecule has 5 nitrogen and oxygen atoms in total. The third-order valence-electron chi connectivity index (χ3n) is 4.59. The van der Waals surface area contributed by atoms with Gasteiger partial charge in [0.2, 0.25) is 0 Å². The molecule has 0 bridgehead atoms. The van der Waals surface area contributed by atoms with E-state index in [1.165, 1.54) is 0 Å². The number of fused-ring (bicyclic) bond motifs is 1. The van der Waals surface area contributed by atoms with E-state index in [0.29, 0.717) is 17.1 Å². The maximum absolute atomic E-state index is 12.3. The summed E-state index contributed by atoms with van der Waals surface area (Å²) in [5, 5.41) is 3.83. The van der Waals surface area contributed by atoms with Crippen molar-refractivity contribution >= 4 is 29.0 Å². The number of carbonyl (C=O) groups is 1. The number of ether oxygens (including phenoxy) is 2. The zero-order chi connectivity index (χ0) is 18.8. The van der Waals surface area contributed by atoms with Crippen LogP contribution in [0.5, 0.6) is 11.5 Å². The van der Waals surface area contributed by atoms with Crippen molar-refractivity contribution in [3.63, 3.8) is 0 Å². The van der Waals surface area contributed by atoms with Crippen molar-refractivity contribution in [1.29, 1.82) is 0 Å². The van der Waals surface area contributed by atoms with Crippen LogP contribution in [0.1, 0.15) is 34.5 Å². The SMILES string of the molecule is COc1ccc(/C=C/c2cc(OC)cc3oc(C(=O)NC4CC4)cc23)cc1. The average Bonchev–Trinajstić information content (AvgIpc) is 3.40. The monoisotopic (exact) mass is 363 g/mol. The van der Waals surface area contributed by atoms with E-state index in [-0.39, 0.29) is 11.9 Å². The lowest BCUT2D eigenvalue weighted by molar-refractivity contribution is 0.0925. The molecule has 0 saturated heterocycles. The van der Waals surface area contributed by atoms with Gasteiger partial charge in [0.05, 0.1) is 14.2 Å². The standard InChI is InChI=1S/C22H21NO4/c1-25-17-9-4-14(5-10-17)3-6-15-11-18(26-2)12-20-19(15)13-21(27-20)22(24)23-16-7-8-16/h3-6,9-13,16H,7-8H2,1-2H3,(H,23,24)/b6-3+. The summed E-state index contributed by atoms with van der Waals surface area (Å²) in [5.74, 6) is 1.65. The number of furan rings is 1. The quantitative estimate of drug-likeness (QED) is 0.655. The second-order valence-corrected chi connectivity index (χ2v) is 6.59. The van der Waals surface area contributed by atoms with Gasteiger partial charge in [0.15, 0.2) is 5.76 Å². The number of hydrogen-bond acceptors (Lipinski definition) is 4. The highest BCUT2D eigenvalue weighted by Crippen LogP contribution is 2.30. The Morgan fingerprint density at radius 2 is 1.78 bits per heavy atom. The predicted octanol–water partition coefficient (Wildman–Crippen LogP) is 4.51.